The fourth-order valence-electron chi connectivity index (χ4n) is 1.28. The van der Waals surface area contributed by atoms with Crippen LogP contribution in [0.1, 0.15) is 27.2 Å². The highest BCUT2D eigenvalue weighted by Crippen LogP contribution is 2.28. The summed E-state index contributed by atoms with van der Waals surface area (Å²) in [6.45, 7) is 7.63. The molecule has 0 aliphatic carbocycles. The summed E-state index contributed by atoms with van der Waals surface area (Å²) in [5.41, 5.74) is 0.105. The van der Waals surface area contributed by atoms with Crippen LogP contribution in [-0.2, 0) is 9.32 Å². The van der Waals surface area contributed by atoms with Gasteiger partial charge in [-0.15, -0.1) is 0 Å². The highest BCUT2D eigenvalue weighted by molar-refractivity contribution is 7.80. The molecule has 1 fully saturated rings. The Morgan fingerprint density at radius 2 is 2.20 bits per heavy atom. The first-order chi connectivity index (χ1) is 7.15. The number of rotatable bonds is 3. The predicted octanol–water partition coefficient (Wildman–Crippen LogP) is 2.08. The van der Waals surface area contributed by atoms with E-state index in [0.29, 0.717) is 21.3 Å². The monoisotopic (exact) mass is 251 g/mol. The molecular weight excluding hydrogens is 229 g/mol. The van der Waals surface area contributed by atoms with E-state index in [9.17, 15) is 4.79 Å². The van der Waals surface area contributed by atoms with Gasteiger partial charge in [-0.2, -0.15) is 12.6 Å². The van der Waals surface area contributed by atoms with Crippen LogP contribution in [0.4, 0.5) is 0 Å². The SMILES string of the molecule is CCOPC1CC(C)CNC1=O.CCS. The zero-order chi connectivity index (χ0) is 11.7. The minimum atomic E-state index is 0.105. The van der Waals surface area contributed by atoms with Crippen LogP contribution in [0.5, 0.6) is 0 Å². The first-order valence-electron chi connectivity index (χ1n) is 5.41. The second kappa shape index (κ2) is 9.44. The molecule has 1 N–H and O–H groups in total. The number of hydrogen-bond donors (Lipinski definition) is 2. The fourth-order valence-corrected chi connectivity index (χ4v) is 2.35. The molecule has 0 aromatic rings. The first-order valence-corrected chi connectivity index (χ1v) is 7.03. The lowest BCUT2D eigenvalue weighted by molar-refractivity contribution is -0.122. The van der Waals surface area contributed by atoms with Crippen LogP contribution in [0.3, 0.4) is 0 Å². The quantitative estimate of drug-likeness (QED) is 0.595. The lowest BCUT2D eigenvalue weighted by Gasteiger charge is -2.26. The van der Waals surface area contributed by atoms with Gasteiger partial charge in [-0.3, -0.25) is 4.79 Å². The highest BCUT2D eigenvalue weighted by atomic mass is 32.1. The summed E-state index contributed by atoms with van der Waals surface area (Å²) < 4.78 is 5.26. The molecule has 90 valence electrons. The number of amides is 1. The summed E-state index contributed by atoms with van der Waals surface area (Å²) >= 11 is 3.79. The number of nitrogens with one attached hydrogen (secondary N) is 1. The van der Waals surface area contributed by atoms with Crippen molar-refractivity contribution in [1.82, 2.24) is 5.32 Å². The van der Waals surface area contributed by atoms with Crippen molar-refractivity contribution in [3.05, 3.63) is 0 Å². The van der Waals surface area contributed by atoms with Gasteiger partial charge in [-0.05, 0) is 25.0 Å². The van der Waals surface area contributed by atoms with Gasteiger partial charge in [0.1, 0.15) is 0 Å². The summed E-state index contributed by atoms with van der Waals surface area (Å²) in [5, 5.41) is 2.88. The van der Waals surface area contributed by atoms with Crippen molar-refractivity contribution < 1.29 is 9.32 Å². The summed E-state index contributed by atoms with van der Waals surface area (Å²) in [4.78, 5) is 11.3. The van der Waals surface area contributed by atoms with E-state index in [1.165, 1.54) is 0 Å². The number of carbonyl (C=O) groups excluding carboxylic acids is 1. The van der Waals surface area contributed by atoms with Gasteiger partial charge in [0, 0.05) is 22.0 Å². The second-order valence-corrected chi connectivity index (χ2v) is 5.36. The molecule has 3 nitrogen and oxygen atoms in total. The van der Waals surface area contributed by atoms with Crippen LogP contribution in [0.2, 0.25) is 0 Å². The molecule has 1 heterocycles. The molecule has 1 aliphatic heterocycles. The normalized spacial score (nSPS) is 26.0. The van der Waals surface area contributed by atoms with E-state index in [0.717, 1.165) is 18.7 Å². The van der Waals surface area contributed by atoms with Gasteiger partial charge in [0.15, 0.2) is 0 Å². The Labute approximate surface area is 100 Å². The van der Waals surface area contributed by atoms with Gasteiger partial charge in [0.05, 0.1) is 5.66 Å². The number of thiol groups is 1. The third kappa shape index (κ3) is 7.15. The van der Waals surface area contributed by atoms with Gasteiger partial charge < -0.3 is 9.84 Å². The van der Waals surface area contributed by atoms with E-state index < -0.39 is 0 Å². The van der Waals surface area contributed by atoms with Gasteiger partial charge in [-0.1, -0.05) is 13.8 Å². The van der Waals surface area contributed by atoms with Crippen molar-refractivity contribution in [2.45, 2.75) is 32.9 Å². The molecule has 1 rings (SSSR count). The maximum Gasteiger partial charge on any atom is 0.229 e. The molecule has 1 aliphatic rings. The lowest BCUT2D eigenvalue weighted by Crippen LogP contribution is -2.42. The molecule has 0 aromatic heterocycles. The Kier molecular flexibility index (Phi) is 9.57. The van der Waals surface area contributed by atoms with Gasteiger partial charge >= 0.3 is 0 Å². The van der Waals surface area contributed by atoms with Crippen molar-refractivity contribution >= 4 is 27.3 Å². The Bertz CT molecular complexity index is 181. The Morgan fingerprint density at radius 1 is 1.60 bits per heavy atom. The molecule has 1 saturated heterocycles. The van der Waals surface area contributed by atoms with Gasteiger partial charge in [0.25, 0.3) is 0 Å². The van der Waals surface area contributed by atoms with Crippen molar-refractivity contribution in [3.8, 4) is 0 Å². The summed E-state index contributed by atoms with van der Waals surface area (Å²) in [6.07, 6.45) is 0.976. The molecule has 3 unspecified atom stereocenters. The summed E-state index contributed by atoms with van der Waals surface area (Å²) in [5.74, 6) is 1.71. The van der Waals surface area contributed by atoms with E-state index in [1.54, 1.807) is 0 Å². The molecular formula is C10H22NO2PS. The Balaban J connectivity index is 0.000000583. The van der Waals surface area contributed by atoms with Crippen molar-refractivity contribution in [1.29, 1.82) is 0 Å². The zero-order valence-corrected chi connectivity index (χ0v) is 11.6. The molecule has 5 heteroatoms. The Hall–Kier alpha value is 0.210. The molecule has 0 radical (unpaired) electrons. The maximum atomic E-state index is 11.3. The Morgan fingerprint density at radius 3 is 2.73 bits per heavy atom. The van der Waals surface area contributed by atoms with E-state index >= 15 is 0 Å². The molecule has 15 heavy (non-hydrogen) atoms. The minimum Gasteiger partial charge on any atom is -0.362 e. The smallest absolute Gasteiger partial charge is 0.229 e. The second-order valence-electron chi connectivity index (χ2n) is 3.51. The zero-order valence-electron chi connectivity index (χ0n) is 9.75. The minimum absolute atomic E-state index is 0.105. The highest BCUT2D eigenvalue weighted by Gasteiger charge is 2.26. The van der Waals surface area contributed by atoms with E-state index in [1.807, 2.05) is 13.8 Å². The molecule has 0 aromatic carbocycles. The predicted molar refractivity (Wildman–Crippen MR) is 70.0 cm³/mol. The van der Waals surface area contributed by atoms with E-state index in [4.69, 9.17) is 4.52 Å². The van der Waals surface area contributed by atoms with Crippen LogP contribution in [0, 0.1) is 5.92 Å². The van der Waals surface area contributed by atoms with Gasteiger partial charge in [0.2, 0.25) is 5.91 Å². The topological polar surface area (TPSA) is 38.3 Å². The van der Waals surface area contributed by atoms with Crippen molar-refractivity contribution in [3.63, 3.8) is 0 Å². The maximum absolute atomic E-state index is 11.3. The largest absolute Gasteiger partial charge is 0.362 e. The molecule has 0 bridgehead atoms. The van der Waals surface area contributed by atoms with Crippen molar-refractivity contribution in [2.24, 2.45) is 5.92 Å². The molecule has 3 atom stereocenters. The van der Waals surface area contributed by atoms with Crippen LogP contribution < -0.4 is 5.32 Å². The van der Waals surface area contributed by atoms with Gasteiger partial charge in [-0.25, -0.2) is 0 Å². The van der Waals surface area contributed by atoms with E-state index in [2.05, 4.69) is 24.9 Å². The standard InChI is InChI=1S/C8H16NO2P.C2H6S/c1-3-11-12-7-4-6(2)5-9-8(7)10;1-2-3/h6-7,12H,3-5H2,1-2H3,(H,9,10);3H,2H2,1H3. The van der Waals surface area contributed by atoms with Crippen LogP contribution >= 0.6 is 21.4 Å². The number of hydrogen-bond acceptors (Lipinski definition) is 3. The fraction of sp³-hybridized carbons (Fsp3) is 0.900. The number of carbonyl (C=O) groups is 1. The molecule has 0 spiro atoms. The number of piperidine rings is 1. The van der Waals surface area contributed by atoms with Crippen molar-refractivity contribution in [2.75, 3.05) is 18.9 Å². The average Bonchev–Trinajstić information content (AvgIpc) is 2.21. The average molecular weight is 251 g/mol. The molecule has 0 saturated carbocycles. The molecule has 1 amide bonds. The first kappa shape index (κ1) is 15.2. The van der Waals surface area contributed by atoms with Crippen LogP contribution in [0.15, 0.2) is 0 Å². The van der Waals surface area contributed by atoms with Crippen LogP contribution in [0.25, 0.3) is 0 Å². The summed E-state index contributed by atoms with van der Waals surface area (Å²) in [6, 6.07) is 0. The van der Waals surface area contributed by atoms with E-state index in [-0.39, 0.29) is 11.6 Å². The summed E-state index contributed by atoms with van der Waals surface area (Å²) in [7, 11) is 0.336. The van der Waals surface area contributed by atoms with Crippen LogP contribution in [-0.4, -0.2) is 30.5 Å². The third-order valence-electron chi connectivity index (χ3n) is 1.95. The third-order valence-corrected chi connectivity index (χ3v) is 3.19. The lowest BCUT2D eigenvalue weighted by atomic mass is 10.0.